The third-order valence-electron chi connectivity index (χ3n) is 3.93. The number of aryl methyl sites for hydroxylation is 1. The van der Waals surface area contributed by atoms with E-state index in [9.17, 15) is 13.2 Å². The van der Waals surface area contributed by atoms with Gasteiger partial charge in [0, 0.05) is 38.8 Å². The fraction of sp³-hybridized carbons (Fsp3) is 0.533. The van der Waals surface area contributed by atoms with Gasteiger partial charge in [-0.1, -0.05) is 17.7 Å². The number of nitrogens with one attached hydrogen (secondary N) is 1. The summed E-state index contributed by atoms with van der Waals surface area (Å²) < 4.78 is 26.7. The molecule has 122 valence electrons. The van der Waals surface area contributed by atoms with Crippen molar-refractivity contribution in [2.45, 2.75) is 19.8 Å². The van der Waals surface area contributed by atoms with E-state index >= 15 is 0 Å². The Kier molecular flexibility index (Phi) is 5.20. The van der Waals surface area contributed by atoms with Gasteiger partial charge in [-0.15, -0.1) is 0 Å². The van der Waals surface area contributed by atoms with Crippen LogP contribution in [0.25, 0.3) is 0 Å². The molecule has 1 saturated heterocycles. The van der Waals surface area contributed by atoms with Gasteiger partial charge in [-0.05, 0) is 31.9 Å². The van der Waals surface area contributed by atoms with Gasteiger partial charge in [-0.2, -0.15) is 17.0 Å². The fourth-order valence-corrected chi connectivity index (χ4v) is 3.60. The Bertz CT molecular complexity index is 618. The number of hydrogen-bond acceptors (Lipinski definition) is 3. The zero-order valence-electron chi connectivity index (χ0n) is 13.2. The Hall–Kier alpha value is -1.44. The predicted octanol–water partition coefficient (Wildman–Crippen LogP) is 1.45. The summed E-state index contributed by atoms with van der Waals surface area (Å²) in [5, 5.41) is 2.90. The van der Waals surface area contributed by atoms with E-state index in [1.807, 2.05) is 31.2 Å². The summed E-state index contributed by atoms with van der Waals surface area (Å²) in [6, 6.07) is 7.64. The third-order valence-corrected chi connectivity index (χ3v) is 5.87. The molecule has 0 saturated carbocycles. The molecule has 0 unspecified atom stereocenters. The average molecular weight is 325 g/mol. The van der Waals surface area contributed by atoms with E-state index < -0.39 is 10.2 Å². The molecular formula is C15H23N3O3S. The Labute approximate surface area is 132 Å². The lowest BCUT2D eigenvalue weighted by molar-refractivity contribution is -0.120. The number of piperidine rings is 1. The van der Waals surface area contributed by atoms with E-state index in [0.717, 1.165) is 11.3 Å². The number of benzene rings is 1. The maximum atomic E-state index is 12.3. The summed E-state index contributed by atoms with van der Waals surface area (Å²) in [5.74, 6) is -0.180. The Morgan fingerprint density at radius 1 is 1.18 bits per heavy atom. The molecule has 7 heteroatoms. The zero-order chi connectivity index (χ0) is 16.3. The number of carbonyl (C=O) groups excluding carboxylic acids is 1. The molecule has 1 N–H and O–H groups in total. The zero-order valence-corrected chi connectivity index (χ0v) is 14.1. The van der Waals surface area contributed by atoms with Crippen molar-refractivity contribution in [2.24, 2.45) is 5.92 Å². The van der Waals surface area contributed by atoms with Crippen LogP contribution in [0.4, 0.5) is 5.69 Å². The van der Waals surface area contributed by atoms with Crippen molar-refractivity contribution >= 4 is 21.8 Å². The Morgan fingerprint density at radius 2 is 1.73 bits per heavy atom. The van der Waals surface area contributed by atoms with Gasteiger partial charge in [-0.25, -0.2) is 0 Å². The highest BCUT2D eigenvalue weighted by Gasteiger charge is 2.32. The molecule has 0 radical (unpaired) electrons. The van der Waals surface area contributed by atoms with E-state index in [1.165, 1.54) is 22.7 Å². The Balaban J connectivity index is 1.91. The number of anilines is 1. The van der Waals surface area contributed by atoms with Crippen LogP contribution in [0.3, 0.4) is 0 Å². The molecule has 0 aliphatic carbocycles. The van der Waals surface area contributed by atoms with Crippen molar-refractivity contribution in [2.75, 3.05) is 32.5 Å². The average Bonchev–Trinajstić information content (AvgIpc) is 2.49. The molecule has 1 aromatic rings. The van der Waals surface area contributed by atoms with Gasteiger partial charge < -0.3 is 5.32 Å². The summed E-state index contributed by atoms with van der Waals surface area (Å²) in [4.78, 5) is 12.3. The Morgan fingerprint density at radius 3 is 2.23 bits per heavy atom. The van der Waals surface area contributed by atoms with Gasteiger partial charge in [0.25, 0.3) is 10.2 Å². The minimum absolute atomic E-state index is 0.0363. The number of nitrogens with zero attached hydrogens (tertiary/aromatic N) is 2. The summed E-state index contributed by atoms with van der Waals surface area (Å²) >= 11 is 0. The molecule has 0 aromatic heterocycles. The van der Waals surface area contributed by atoms with Crippen molar-refractivity contribution in [1.82, 2.24) is 8.61 Å². The third kappa shape index (κ3) is 3.85. The van der Waals surface area contributed by atoms with Crippen LogP contribution in [0.15, 0.2) is 24.3 Å². The van der Waals surface area contributed by atoms with Crippen molar-refractivity contribution < 1.29 is 13.2 Å². The van der Waals surface area contributed by atoms with Crippen LogP contribution in [0, 0.1) is 12.8 Å². The van der Waals surface area contributed by atoms with E-state index in [0.29, 0.717) is 25.9 Å². The standard InChI is InChI=1S/C15H23N3O3S/c1-12-4-6-14(7-5-12)16-15(19)13-8-10-18(11-9-13)22(20,21)17(2)3/h4-7,13H,8-11H2,1-3H3,(H,16,19). The monoisotopic (exact) mass is 325 g/mol. The molecule has 1 heterocycles. The molecule has 1 aliphatic rings. The first kappa shape index (κ1) is 16.9. The largest absolute Gasteiger partial charge is 0.326 e. The van der Waals surface area contributed by atoms with Gasteiger partial charge in [0.1, 0.15) is 0 Å². The minimum Gasteiger partial charge on any atom is -0.326 e. The van der Waals surface area contributed by atoms with Crippen LogP contribution in [-0.2, 0) is 15.0 Å². The van der Waals surface area contributed by atoms with Gasteiger partial charge in [0.05, 0.1) is 0 Å². The summed E-state index contributed by atoms with van der Waals surface area (Å²) in [7, 11) is -0.339. The fourth-order valence-electron chi connectivity index (χ4n) is 2.46. The highest BCUT2D eigenvalue weighted by atomic mass is 32.2. The first-order valence-corrected chi connectivity index (χ1v) is 8.75. The van der Waals surface area contributed by atoms with Crippen LogP contribution in [0.5, 0.6) is 0 Å². The van der Waals surface area contributed by atoms with Crippen LogP contribution < -0.4 is 5.32 Å². The molecule has 22 heavy (non-hydrogen) atoms. The SMILES string of the molecule is Cc1ccc(NC(=O)C2CCN(S(=O)(=O)N(C)C)CC2)cc1. The predicted molar refractivity (Wildman–Crippen MR) is 86.7 cm³/mol. The van der Waals surface area contributed by atoms with Crippen LogP contribution in [0.2, 0.25) is 0 Å². The molecule has 1 fully saturated rings. The second-order valence-corrected chi connectivity index (χ2v) is 7.96. The van der Waals surface area contributed by atoms with Gasteiger partial charge >= 0.3 is 0 Å². The van der Waals surface area contributed by atoms with Crippen molar-refractivity contribution in [3.63, 3.8) is 0 Å². The lowest BCUT2D eigenvalue weighted by Crippen LogP contribution is -2.46. The molecule has 6 nitrogen and oxygen atoms in total. The molecule has 1 aromatic carbocycles. The van der Waals surface area contributed by atoms with Crippen LogP contribution in [0.1, 0.15) is 18.4 Å². The van der Waals surface area contributed by atoms with E-state index in [2.05, 4.69) is 5.32 Å². The van der Waals surface area contributed by atoms with E-state index in [4.69, 9.17) is 0 Å². The molecule has 1 amide bonds. The van der Waals surface area contributed by atoms with Gasteiger partial charge in [-0.3, -0.25) is 4.79 Å². The molecule has 0 atom stereocenters. The second kappa shape index (κ2) is 6.76. The summed E-state index contributed by atoms with van der Waals surface area (Å²) in [6.45, 7) is 2.76. The number of amides is 1. The molecular weight excluding hydrogens is 302 g/mol. The van der Waals surface area contributed by atoms with E-state index in [-0.39, 0.29) is 11.8 Å². The van der Waals surface area contributed by atoms with Gasteiger partial charge in [0.2, 0.25) is 5.91 Å². The molecule has 0 spiro atoms. The highest BCUT2D eigenvalue weighted by molar-refractivity contribution is 7.86. The minimum atomic E-state index is -3.38. The molecule has 1 aliphatic heterocycles. The first-order chi connectivity index (χ1) is 10.3. The summed E-state index contributed by atoms with van der Waals surface area (Å²) in [6.07, 6.45) is 1.09. The van der Waals surface area contributed by atoms with Crippen LogP contribution >= 0.6 is 0 Å². The molecule has 0 bridgehead atoms. The van der Waals surface area contributed by atoms with Crippen molar-refractivity contribution in [3.05, 3.63) is 29.8 Å². The van der Waals surface area contributed by atoms with Crippen LogP contribution in [-0.4, -0.2) is 50.1 Å². The topological polar surface area (TPSA) is 69.7 Å². The van der Waals surface area contributed by atoms with Gasteiger partial charge in [0.15, 0.2) is 0 Å². The maximum Gasteiger partial charge on any atom is 0.281 e. The summed E-state index contributed by atoms with van der Waals surface area (Å²) in [5.41, 5.74) is 1.92. The lowest BCUT2D eigenvalue weighted by Gasteiger charge is -2.32. The smallest absolute Gasteiger partial charge is 0.281 e. The number of carbonyl (C=O) groups is 1. The van der Waals surface area contributed by atoms with E-state index in [1.54, 1.807) is 0 Å². The van der Waals surface area contributed by atoms with Crippen molar-refractivity contribution in [1.29, 1.82) is 0 Å². The van der Waals surface area contributed by atoms with Crippen molar-refractivity contribution in [3.8, 4) is 0 Å². The number of rotatable bonds is 4. The lowest BCUT2D eigenvalue weighted by atomic mass is 9.97. The maximum absolute atomic E-state index is 12.3. The quantitative estimate of drug-likeness (QED) is 0.911. The first-order valence-electron chi connectivity index (χ1n) is 7.36. The normalized spacial score (nSPS) is 17.6. The number of hydrogen-bond donors (Lipinski definition) is 1. The highest BCUT2D eigenvalue weighted by Crippen LogP contribution is 2.22. The molecule has 2 rings (SSSR count). The second-order valence-electron chi connectivity index (χ2n) is 5.82.